The third-order valence-corrected chi connectivity index (χ3v) is 4.29. The van der Waals surface area contributed by atoms with Gasteiger partial charge in [-0.2, -0.15) is 0 Å². The van der Waals surface area contributed by atoms with Crippen molar-refractivity contribution in [1.29, 1.82) is 0 Å². The van der Waals surface area contributed by atoms with Gasteiger partial charge >= 0.3 is 0 Å². The predicted octanol–water partition coefficient (Wildman–Crippen LogP) is 3.60. The van der Waals surface area contributed by atoms with E-state index in [1.54, 1.807) is 6.08 Å². The Bertz CT molecular complexity index is 600. The molecular weight excluding hydrogens is 341 g/mol. The van der Waals surface area contributed by atoms with Gasteiger partial charge in [-0.1, -0.05) is 55.2 Å². The molecule has 2 unspecified atom stereocenters. The van der Waals surface area contributed by atoms with Crippen LogP contribution in [0.25, 0.3) is 0 Å². The van der Waals surface area contributed by atoms with Crippen molar-refractivity contribution in [1.82, 2.24) is 10.9 Å². The van der Waals surface area contributed by atoms with E-state index in [0.717, 1.165) is 5.69 Å². The summed E-state index contributed by atoms with van der Waals surface area (Å²) < 4.78 is 0.183. The number of benzene rings is 1. The summed E-state index contributed by atoms with van der Waals surface area (Å²) in [4.78, 5) is 12.2. The molecule has 118 valence electrons. The molecule has 0 saturated heterocycles. The monoisotopic (exact) mass is 357 g/mol. The second-order valence-corrected chi connectivity index (χ2v) is 7.13. The number of halogens is 2. The van der Waals surface area contributed by atoms with E-state index < -0.39 is 0 Å². The van der Waals surface area contributed by atoms with Crippen LogP contribution in [0.3, 0.4) is 0 Å². The quantitative estimate of drug-likeness (QED) is 0.571. The molecule has 1 aromatic rings. The standard InChI is InChI=1S/C15H17Cl2N3OS/c1-15(2)10(8-11(16)17)12(15)13(21)19-20-14(22)18-9-6-4-3-5-7-9/h3-8,10,12H,1-2H3,(H,19,21)(H2,18,20,22). The number of hydrazine groups is 1. The fraction of sp³-hybridized carbons (Fsp3) is 0.333. The van der Waals surface area contributed by atoms with Gasteiger partial charge in [0.1, 0.15) is 4.49 Å². The van der Waals surface area contributed by atoms with E-state index in [9.17, 15) is 4.79 Å². The van der Waals surface area contributed by atoms with E-state index in [1.165, 1.54) is 0 Å². The van der Waals surface area contributed by atoms with Crippen molar-refractivity contribution < 1.29 is 4.79 Å². The Hall–Kier alpha value is -1.30. The number of carbonyl (C=O) groups is 1. The SMILES string of the molecule is CC1(C)C(C=C(Cl)Cl)C1C(=O)NNC(=S)Nc1ccccc1. The summed E-state index contributed by atoms with van der Waals surface area (Å²) in [6.07, 6.45) is 1.70. The fourth-order valence-electron chi connectivity index (χ4n) is 2.51. The first kappa shape index (κ1) is 17.1. The normalized spacial score (nSPS) is 21.5. The second kappa shape index (κ2) is 6.86. The molecule has 0 bridgehead atoms. The van der Waals surface area contributed by atoms with E-state index in [-0.39, 0.29) is 27.6 Å². The molecule has 7 heteroatoms. The smallest absolute Gasteiger partial charge is 0.242 e. The van der Waals surface area contributed by atoms with Crippen molar-refractivity contribution in [3.8, 4) is 0 Å². The number of rotatable bonds is 3. The van der Waals surface area contributed by atoms with Gasteiger partial charge in [-0.25, -0.2) is 0 Å². The molecule has 1 aliphatic carbocycles. The zero-order valence-corrected chi connectivity index (χ0v) is 14.5. The highest BCUT2D eigenvalue weighted by molar-refractivity contribution is 7.80. The first-order valence-electron chi connectivity index (χ1n) is 6.77. The Morgan fingerprint density at radius 2 is 1.86 bits per heavy atom. The number of amides is 1. The van der Waals surface area contributed by atoms with Gasteiger partial charge in [0.2, 0.25) is 5.91 Å². The van der Waals surface area contributed by atoms with Gasteiger partial charge in [0.25, 0.3) is 0 Å². The van der Waals surface area contributed by atoms with Gasteiger partial charge in [0, 0.05) is 5.69 Å². The average Bonchev–Trinajstić information content (AvgIpc) is 2.97. The van der Waals surface area contributed by atoms with Crippen molar-refractivity contribution in [3.05, 3.63) is 40.9 Å². The Morgan fingerprint density at radius 3 is 2.45 bits per heavy atom. The van der Waals surface area contributed by atoms with Crippen LogP contribution >= 0.6 is 35.4 Å². The summed E-state index contributed by atoms with van der Waals surface area (Å²) in [7, 11) is 0. The van der Waals surface area contributed by atoms with Crippen LogP contribution in [0.5, 0.6) is 0 Å². The van der Waals surface area contributed by atoms with E-state index >= 15 is 0 Å². The summed E-state index contributed by atoms with van der Waals surface area (Å²) in [6.45, 7) is 3.99. The first-order chi connectivity index (χ1) is 10.3. The van der Waals surface area contributed by atoms with Gasteiger partial charge in [-0.3, -0.25) is 15.6 Å². The number of carbonyl (C=O) groups excluding carboxylic acids is 1. The van der Waals surface area contributed by atoms with Crippen LogP contribution in [-0.4, -0.2) is 11.0 Å². The molecule has 1 fully saturated rings. The molecule has 4 nitrogen and oxygen atoms in total. The van der Waals surface area contributed by atoms with Crippen molar-refractivity contribution in [2.24, 2.45) is 17.3 Å². The predicted molar refractivity (Wildman–Crippen MR) is 94.5 cm³/mol. The minimum absolute atomic E-state index is 0.0231. The molecule has 1 amide bonds. The Balaban J connectivity index is 1.83. The van der Waals surface area contributed by atoms with Crippen molar-refractivity contribution in [2.45, 2.75) is 13.8 Å². The molecule has 1 aliphatic rings. The fourth-order valence-corrected chi connectivity index (χ4v) is 2.95. The summed E-state index contributed by atoms with van der Waals surface area (Å²) >= 11 is 16.5. The van der Waals surface area contributed by atoms with Gasteiger partial charge in [-0.05, 0) is 41.8 Å². The number of nitrogens with one attached hydrogen (secondary N) is 3. The van der Waals surface area contributed by atoms with Crippen LogP contribution in [0.1, 0.15) is 13.8 Å². The van der Waals surface area contributed by atoms with Crippen molar-refractivity contribution >= 4 is 52.1 Å². The van der Waals surface area contributed by atoms with Crippen molar-refractivity contribution in [2.75, 3.05) is 5.32 Å². The Kier molecular flexibility index (Phi) is 5.32. The second-order valence-electron chi connectivity index (χ2n) is 5.72. The first-order valence-corrected chi connectivity index (χ1v) is 7.93. The topological polar surface area (TPSA) is 53.2 Å². The number of anilines is 1. The molecule has 0 heterocycles. The number of allylic oxidation sites excluding steroid dienone is 1. The molecule has 1 saturated carbocycles. The van der Waals surface area contributed by atoms with E-state index in [0.29, 0.717) is 5.11 Å². The molecule has 22 heavy (non-hydrogen) atoms. The summed E-state index contributed by atoms with van der Waals surface area (Å²) in [6, 6.07) is 9.45. The Labute approximate surface area is 145 Å². The maximum Gasteiger partial charge on any atom is 0.242 e. The average molecular weight is 358 g/mol. The zero-order chi connectivity index (χ0) is 16.3. The van der Waals surface area contributed by atoms with Gasteiger partial charge in [0.05, 0.1) is 5.92 Å². The number of thiocarbonyl (C=S) groups is 1. The number of hydrogen-bond donors (Lipinski definition) is 3. The minimum atomic E-state index is -0.188. The van der Waals surface area contributed by atoms with Crippen LogP contribution < -0.4 is 16.2 Å². The van der Waals surface area contributed by atoms with Crippen LogP contribution in [-0.2, 0) is 4.79 Å². The molecule has 0 radical (unpaired) electrons. The molecule has 2 rings (SSSR count). The van der Waals surface area contributed by atoms with Gasteiger partial charge in [0.15, 0.2) is 5.11 Å². The van der Waals surface area contributed by atoms with Crippen LogP contribution in [0.2, 0.25) is 0 Å². The van der Waals surface area contributed by atoms with Crippen molar-refractivity contribution in [3.63, 3.8) is 0 Å². The summed E-state index contributed by atoms with van der Waals surface area (Å²) in [5, 5.41) is 3.29. The summed E-state index contributed by atoms with van der Waals surface area (Å²) in [5.74, 6) is -0.306. The van der Waals surface area contributed by atoms with Gasteiger partial charge < -0.3 is 5.32 Å². The molecule has 1 aromatic carbocycles. The highest BCUT2D eigenvalue weighted by Gasteiger charge is 2.60. The molecule has 0 aliphatic heterocycles. The zero-order valence-electron chi connectivity index (χ0n) is 12.2. The number of hydrogen-bond acceptors (Lipinski definition) is 2. The lowest BCUT2D eigenvalue weighted by Gasteiger charge is -2.12. The van der Waals surface area contributed by atoms with E-state index in [2.05, 4.69) is 16.2 Å². The van der Waals surface area contributed by atoms with E-state index in [4.69, 9.17) is 35.4 Å². The molecule has 0 aromatic heterocycles. The van der Waals surface area contributed by atoms with Crippen LogP contribution in [0, 0.1) is 17.3 Å². The summed E-state index contributed by atoms with van der Waals surface area (Å²) in [5.41, 5.74) is 5.99. The maximum absolute atomic E-state index is 12.2. The lowest BCUT2D eigenvalue weighted by atomic mass is 10.1. The highest BCUT2D eigenvalue weighted by atomic mass is 35.5. The molecule has 2 atom stereocenters. The lowest BCUT2D eigenvalue weighted by Crippen LogP contribution is -2.45. The van der Waals surface area contributed by atoms with Gasteiger partial charge in [-0.15, -0.1) is 0 Å². The third-order valence-electron chi connectivity index (χ3n) is 3.83. The van der Waals surface area contributed by atoms with Crippen LogP contribution in [0.15, 0.2) is 40.9 Å². The lowest BCUT2D eigenvalue weighted by molar-refractivity contribution is -0.123. The third kappa shape index (κ3) is 4.12. The molecule has 3 N–H and O–H groups in total. The highest BCUT2D eigenvalue weighted by Crippen LogP contribution is 2.59. The largest absolute Gasteiger partial charge is 0.331 e. The maximum atomic E-state index is 12.2. The van der Waals surface area contributed by atoms with Crippen LogP contribution in [0.4, 0.5) is 5.69 Å². The van der Waals surface area contributed by atoms with E-state index in [1.807, 2.05) is 44.2 Å². The molecular formula is C15H17Cl2N3OS. The minimum Gasteiger partial charge on any atom is -0.331 e. The Morgan fingerprint density at radius 1 is 1.23 bits per heavy atom. The molecule has 0 spiro atoms. The number of para-hydroxylation sites is 1.